The van der Waals surface area contributed by atoms with Crippen LogP contribution in [0.25, 0.3) is 44.8 Å². The number of aromatic nitrogens is 4. The number of halogens is 6. The van der Waals surface area contributed by atoms with Crippen LogP contribution in [0.1, 0.15) is 42.2 Å². The van der Waals surface area contributed by atoms with E-state index in [0.717, 1.165) is 41.1 Å². The van der Waals surface area contributed by atoms with Crippen LogP contribution in [-0.4, -0.2) is 42.0 Å². The number of aromatic carboxylic acids is 1. The fourth-order valence-electron chi connectivity index (χ4n) is 7.69. The molecule has 0 aliphatic rings. The lowest BCUT2D eigenvalue weighted by molar-refractivity contribution is 0.0697. The highest BCUT2D eigenvalue weighted by molar-refractivity contribution is 6.08. The van der Waals surface area contributed by atoms with Gasteiger partial charge in [-0.05, 0) is 139 Å². The van der Waals surface area contributed by atoms with Gasteiger partial charge in [-0.1, -0.05) is 30.3 Å². The average Bonchev–Trinajstić information content (AvgIpc) is 4.16. The fourth-order valence-corrected chi connectivity index (χ4v) is 7.69. The van der Waals surface area contributed by atoms with Crippen LogP contribution in [0.5, 0.6) is 0 Å². The summed E-state index contributed by atoms with van der Waals surface area (Å²) in [5.74, 6) is -6.16. The molecule has 380 valence electrons. The Labute approximate surface area is 431 Å². The van der Waals surface area contributed by atoms with E-state index in [1.807, 2.05) is 61.1 Å². The van der Waals surface area contributed by atoms with Gasteiger partial charge in [0, 0.05) is 83.4 Å². The van der Waals surface area contributed by atoms with Crippen LogP contribution in [0.3, 0.4) is 0 Å². The number of nitrogens with zero attached hydrogens (tertiary/aromatic N) is 4. The maximum atomic E-state index is 14.2. The average molecular weight is 1030 g/mol. The summed E-state index contributed by atoms with van der Waals surface area (Å²) in [6.07, 6.45) is 13.4. The predicted molar refractivity (Wildman–Crippen MR) is 279 cm³/mol. The Morgan fingerprint density at radius 2 is 0.868 bits per heavy atom. The molecule has 10 rings (SSSR count). The highest BCUT2D eigenvalue weighted by atomic mass is 19.2. The maximum absolute atomic E-state index is 14.2. The Kier molecular flexibility index (Phi) is 16.0. The van der Waals surface area contributed by atoms with Crippen molar-refractivity contribution in [3.63, 3.8) is 0 Å². The topological polar surface area (TPSA) is 157 Å². The van der Waals surface area contributed by atoms with Crippen molar-refractivity contribution < 1.29 is 45.8 Å². The largest absolute Gasteiger partial charge is 0.478 e. The van der Waals surface area contributed by atoms with Crippen LogP contribution in [0.15, 0.2) is 195 Å². The second-order valence-electron chi connectivity index (χ2n) is 17.0. The first-order valence-corrected chi connectivity index (χ1v) is 23.0. The fraction of sp³-hybridized carbons (Fsp3) is 0.0339. The summed E-state index contributed by atoms with van der Waals surface area (Å²) in [5, 5.41) is 14.9. The second kappa shape index (κ2) is 23.2. The zero-order chi connectivity index (χ0) is 54.0. The number of hydrogen-bond donors (Lipinski definition) is 4. The summed E-state index contributed by atoms with van der Waals surface area (Å²) in [6.45, 7) is 3.72. The third-order valence-corrected chi connectivity index (χ3v) is 11.8. The summed E-state index contributed by atoms with van der Waals surface area (Å²) < 4.78 is 84.6. The maximum Gasteiger partial charge on any atom is 0.337 e. The van der Waals surface area contributed by atoms with Crippen molar-refractivity contribution in [3.05, 3.63) is 258 Å². The molecule has 0 saturated heterocycles. The minimum Gasteiger partial charge on any atom is -0.478 e. The number of anilines is 3. The van der Waals surface area contributed by atoms with E-state index >= 15 is 0 Å². The van der Waals surface area contributed by atoms with Gasteiger partial charge in [0.05, 0.1) is 46.1 Å². The lowest BCUT2D eigenvalue weighted by atomic mass is 10.0. The zero-order valence-corrected chi connectivity index (χ0v) is 40.3. The third kappa shape index (κ3) is 12.6. The lowest BCUT2D eigenvalue weighted by Gasteiger charge is -2.12. The molecule has 0 unspecified atom stereocenters. The summed E-state index contributed by atoms with van der Waals surface area (Å²) >= 11 is 0. The molecule has 5 N–H and O–H groups in total. The van der Waals surface area contributed by atoms with E-state index in [4.69, 9.17) is 5.73 Å². The van der Waals surface area contributed by atoms with Gasteiger partial charge in [-0.25, -0.2) is 31.1 Å². The summed E-state index contributed by atoms with van der Waals surface area (Å²) in [6, 6.07) is 35.2. The Morgan fingerprint density at radius 3 is 1.29 bits per heavy atom. The van der Waals surface area contributed by atoms with Gasteiger partial charge in [-0.15, -0.1) is 0 Å². The first kappa shape index (κ1) is 52.3. The van der Waals surface area contributed by atoms with Crippen molar-refractivity contribution in [2.45, 2.75) is 13.8 Å². The molecule has 0 spiro atoms. The molecule has 11 nitrogen and oxygen atoms in total. The van der Waals surface area contributed by atoms with E-state index in [1.165, 1.54) is 60.9 Å². The number of benzene rings is 6. The molecule has 10 aromatic rings. The van der Waals surface area contributed by atoms with Gasteiger partial charge < -0.3 is 30.6 Å². The molecule has 0 aliphatic carbocycles. The first-order chi connectivity index (χ1) is 36.5. The molecule has 0 radical (unpaired) electrons. The smallest absolute Gasteiger partial charge is 0.337 e. The molecule has 0 saturated carbocycles. The SMILES string of the molecule is Cc1ccc(-c2ccc(F)cc2F)cc1N.Cc1ccc(-c2ccc(F)cc2F)cc1NC(=O)c1cncc(-n2cccc2)c1.O=C(Nc1cc(-c2ccc(F)cc2F)ccc1C(=O)O)c1cncc(-n2cccc2)c1. The Hall–Kier alpha value is -10.0. The monoisotopic (exact) mass is 1030 g/mol. The summed E-state index contributed by atoms with van der Waals surface area (Å²) in [7, 11) is 0. The minimum absolute atomic E-state index is 0.0231. The van der Waals surface area contributed by atoms with Gasteiger partial charge in [0.1, 0.15) is 34.9 Å². The molecule has 0 atom stereocenters. The van der Waals surface area contributed by atoms with Gasteiger partial charge in [0.25, 0.3) is 11.8 Å². The molecule has 0 fully saturated rings. The Bertz CT molecular complexity index is 3760. The van der Waals surface area contributed by atoms with Crippen molar-refractivity contribution in [3.8, 4) is 44.8 Å². The first-order valence-electron chi connectivity index (χ1n) is 23.0. The Balaban J connectivity index is 0.000000159. The summed E-state index contributed by atoms with van der Waals surface area (Å²) in [5.41, 5.74) is 12.6. The van der Waals surface area contributed by atoms with Gasteiger partial charge in [-0.2, -0.15) is 0 Å². The molecule has 17 heteroatoms. The van der Waals surface area contributed by atoms with E-state index < -0.39 is 46.8 Å². The van der Waals surface area contributed by atoms with E-state index in [0.29, 0.717) is 39.3 Å². The van der Waals surface area contributed by atoms with Crippen LogP contribution in [0.4, 0.5) is 43.4 Å². The number of carboxylic acid groups (broad SMARTS) is 1. The second-order valence-corrected chi connectivity index (χ2v) is 17.0. The van der Waals surface area contributed by atoms with E-state index in [2.05, 4.69) is 20.6 Å². The standard InChI is InChI=1S/C23H15F2N3O3.C23H17F2N3O.C13H11F2N/c24-16-4-6-18(20(25)11-16)14-3-5-19(23(30)31)21(10-14)27-22(29)15-9-17(13-26-12-15)28-7-1-2-8-28;1-15-4-5-16(20-7-6-18(24)12-21(20)25)11-22(15)27-23(29)17-10-19(14-26-13-17)28-8-2-3-9-28;1-8-2-3-9(6-13(8)16)11-5-4-10(14)7-12(11)15/h1-13H,(H,27,29)(H,30,31);2-14H,1H3,(H,27,29);2-7H,16H2,1H3. The normalized spacial score (nSPS) is 10.6. The van der Waals surface area contributed by atoms with Crippen molar-refractivity contribution >= 4 is 34.8 Å². The molecule has 76 heavy (non-hydrogen) atoms. The molecular weight excluding hydrogens is 985 g/mol. The number of rotatable bonds is 10. The van der Waals surface area contributed by atoms with Gasteiger partial charge >= 0.3 is 5.97 Å². The van der Waals surface area contributed by atoms with Crippen LogP contribution < -0.4 is 16.4 Å². The number of nitrogen functional groups attached to an aromatic ring is 1. The number of nitrogens with one attached hydrogen (secondary N) is 2. The number of aryl methyl sites for hydroxylation is 2. The van der Waals surface area contributed by atoms with Crippen LogP contribution in [-0.2, 0) is 0 Å². The van der Waals surface area contributed by atoms with Gasteiger partial charge in [0.15, 0.2) is 0 Å². The number of amides is 2. The highest BCUT2D eigenvalue weighted by Gasteiger charge is 2.18. The molecule has 2 amide bonds. The van der Waals surface area contributed by atoms with Crippen molar-refractivity contribution in [1.29, 1.82) is 0 Å². The minimum atomic E-state index is -1.26. The number of pyridine rings is 2. The van der Waals surface area contributed by atoms with Gasteiger partial charge in [0.2, 0.25) is 0 Å². The van der Waals surface area contributed by atoms with Crippen molar-refractivity contribution in [2.75, 3.05) is 16.4 Å². The molecule has 0 aliphatic heterocycles. The van der Waals surface area contributed by atoms with E-state index in [1.54, 1.807) is 71.8 Å². The zero-order valence-electron chi connectivity index (χ0n) is 40.3. The summed E-state index contributed by atoms with van der Waals surface area (Å²) in [4.78, 5) is 45.4. The quantitative estimate of drug-likeness (QED) is 0.0784. The molecule has 4 aromatic heterocycles. The predicted octanol–water partition coefficient (Wildman–Crippen LogP) is 13.7. The Morgan fingerprint density at radius 1 is 0.474 bits per heavy atom. The molecule has 0 bridgehead atoms. The molecule has 4 heterocycles. The van der Waals surface area contributed by atoms with Crippen LogP contribution in [0.2, 0.25) is 0 Å². The van der Waals surface area contributed by atoms with E-state index in [9.17, 15) is 45.8 Å². The number of hydrogen-bond acceptors (Lipinski definition) is 6. The number of carbonyl (C=O) groups excluding carboxylic acids is 2. The van der Waals surface area contributed by atoms with Gasteiger partial charge in [-0.3, -0.25) is 19.6 Å². The van der Waals surface area contributed by atoms with Crippen LogP contribution in [0, 0.1) is 48.8 Å². The molecular formula is C59H43F6N7O4. The third-order valence-electron chi connectivity index (χ3n) is 11.8. The number of carboxylic acids is 1. The highest BCUT2D eigenvalue weighted by Crippen LogP contribution is 2.31. The number of nitrogens with two attached hydrogens (primary N) is 1. The van der Waals surface area contributed by atoms with Crippen molar-refractivity contribution in [2.24, 2.45) is 0 Å². The lowest BCUT2D eigenvalue weighted by Crippen LogP contribution is -2.15. The molecule has 6 aromatic carbocycles. The van der Waals surface area contributed by atoms with Crippen LogP contribution >= 0.6 is 0 Å². The van der Waals surface area contributed by atoms with E-state index in [-0.39, 0.29) is 39.4 Å². The van der Waals surface area contributed by atoms with Crippen molar-refractivity contribution in [1.82, 2.24) is 19.1 Å². The number of carbonyl (C=O) groups is 3.